The zero-order valence-corrected chi connectivity index (χ0v) is 12.6. The SMILES string of the molecule is CCNc1ncc(C)c(NC(C)c2c(C)noc2C)n1. The van der Waals surface area contributed by atoms with Crippen LogP contribution in [-0.4, -0.2) is 21.7 Å². The molecule has 2 aromatic heterocycles. The van der Waals surface area contributed by atoms with Crippen LogP contribution in [0.1, 0.15) is 42.5 Å². The highest BCUT2D eigenvalue weighted by Crippen LogP contribution is 2.25. The van der Waals surface area contributed by atoms with Crippen molar-refractivity contribution in [1.82, 2.24) is 15.1 Å². The molecule has 0 radical (unpaired) electrons. The maximum Gasteiger partial charge on any atom is 0.224 e. The molecule has 0 aromatic carbocycles. The van der Waals surface area contributed by atoms with Crippen molar-refractivity contribution in [3.05, 3.63) is 28.8 Å². The Balaban J connectivity index is 2.23. The Labute approximate surface area is 119 Å². The lowest BCUT2D eigenvalue weighted by molar-refractivity contribution is 0.392. The fourth-order valence-electron chi connectivity index (χ4n) is 2.22. The van der Waals surface area contributed by atoms with Crippen molar-refractivity contribution in [1.29, 1.82) is 0 Å². The van der Waals surface area contributed by atoms with E-state index in [0.717, 1.165) is 34.9 Å². The predicted molar refractivity (Wildman–Crippen MR) is 78.9 cm³/mol. The van der Waals surface area contributed by atoms with E-state index in [2.05, 4.69) is 32.7 Å². The van der Waals surface area contributed by atoms with Crippen molar-refractivity contribution in [3.63, 3.8) is 0 Å². The number of anilines is 2. The van der Waals surface area contributed by atoms with E-state index in [-0.39, 0.29) is 6.04 Å². The van der Waals surface area contributed by atoms with E-state index < -0.39 is 0 Å². The summed E-state index contributed by atoms with van der Waals surface area (Å²) in [4.78, 5) is 8.73. The molecule has 0 spiro atoms. The van der Waals surface area contributed by atoms with Crippen LogP contribution in [0.2, 0.25) is 0 Å². The molecule has 0 saturated heterocycles. The third-order valence-electron chi connectivity index (χ3n) is 3.18. The molecule has 0 aliphatic heterocycles. The Morgan fingerprint density at radius 2 is 2.05 bits per heavy atom. The second kappa shape index (κ2) is 5.90. The molecule has 6 heteroatoms. The Kier molecular flexibility index (Phi) is 4.22. The van der Waals surface area contributed by atoms with Gasteiger partial charge in [0.15, 0.2) is 0 Å². The molecule has 2 rings (SSSR count). The molecule has 0 fully saturated rings. The largest absolute Gasteiger partial charge is 0.363 e. The van der Waals surface area contributed by atoms with Crippen LogP contribution in [0.5, 0.6) is 0 Å². The normalized spacial score (nSPS) is 12.2. The average molecular weight is 275 g/mol. The van der Waals surface area contributed by atoms with Gasteiger partial charge in [0.05, 0.1) is 11.7 Å². The fourth-order valence-corrected chi connectivity index (χ4v) is 2.22. The van der Waals surface area contributed by atoms with Crippen LogP contribution in [0.15, 0.2) is 10.7 Å². The van der Waals surface area contributed by atoms with Gasteiger partial charge < -0.3 is 15.2 Å². The van der Waals surface area contributed by atoms with Gasteiger partial charge in [-0.1, -0.05) is 5.16 Å². The van der Waals surface area contributed by atoms with Crippen molar-refractivity contribution in [2.24, 2.45) is 0 Å². The lowest BCUT2D eigenvalue weighted by atomic mass is 10.1. The van der Waals surface area contributed by atoms with Gasteiger partial charge in [0.25, 0.3) is 0 Å². The van der Waals surface area contributed by atoms with Gasteiger partial charge in [-0.3, -0.25) is 0 Å². The van der Waals surface area contributed by atoms with Gasteiger partial charge in [0.1, 0.15) is 11.6 Å². The minimum Gasteiger partial charge on any atom is -0.363 e. The highest BCUT2D eigenvalue weighted by Gasteiger charge is 2.17. The van der Waals surface area contributed by atoms with Gasteiger partial charge in [-0.15, -0.1) is 0 Å². The number of aryl methyl sites for hydroxylation is 3. The number of nitrogens with zero attached hydrogens (tertiary/aromatic N) is 3. The lowest BCUT2D eigenvalue weighted by Gasteiger charge is -2.16. The molecule has 0 aliphatic carbocycles. The summed E-state index contributed by atoms with van der Waals surface area (Å²) in [6.07, 6.45) is 1.81. The topological polar surface area (TPSA) is 75.9 Å². The highest BCUT2D eigenvalue weighted by atomic mass is 16.5. The summed E-state index contributed by atoms with van der Waals surface area (Å²) in [6, 6.07) is 0.0735. The molecular formula is C14H21N5O. The van der Waals surface area contributed by atoms with Gasteiger partial charge in [-0.05, 0) is 34.6 Å². The van der Waals surface area contributed by atoms with E-state index in [1.165, 1.54) is 0 Å². The van der Waals surface area contributed by atoms with E-state index in [1.807, 2.05) is 33.9 Å². The number of nitrogens with one attached hydrogen (secondary N) is 2. The molecule has 1 atom stereocenters. The van der Waals surface area contributed by atoms with E-state index in [1.54, 1.807) is 0 Å². The summed E-state index contributed by atoms with van der Waals surface area (Å²) in [7, 11) is 0. The third kappa shape index (κ3) is 2.89. The number of hydrogen-bond acceptors (Lipinski definition) is 6. The Morgan fingerprint density at radius 3 is 2.65 bits per heavy atom. The summed E-state index contributed by atoms with van der Waals surface area (Å²) in [5, 5.41) is 10.5. The van der Waals surface area contributed by atoms with E-state index in [4.69, 9.17) is 4.52 Å². The average Bonchev–Trinajstić information content (AvgIpc) is 2.73. The Hall–Kier alpha value is -2.11. The summed E-state index contributed by atoms with van der Waals surface area (Å²) in [5.41, 5.74) is 2.99. The molecule has 2 N–H and O–H groups in total. The smallest absolute Gasteiger partial charge is 0.224 e. The fraction of sp³-hybridized carbons (Fsp3) is 0.500. The van der Waals surface area contributed by atoms with Gasteiger partial charge in [0.2, 0.25) is 5.95 Å². The van der Waals surface area contributed by atoms with E-state index in [9.17, 15) is 0 Å². The second-order valence-electron chi connectivity index (χ2n) is 4.86. The third-order valence-corrected chi connectivity index (χ3v) is 3.18. The first-order valence-electron chi connectivity index (χ1n) is 6.79. The lowest BCUT2D eigenvalue weighted by Crippen LogP contribution is -2.12. The maximum absolute atomic E-state index is 5.21. The van der Waals surface area contributed by atoms with Crippen LogP contribution in [0.4, 0.5) is 11.8 Å². The van der Waals surface area contributed by atoms with E-state index >= 15 is 0 Å². The zero-order valence-electron chi connectivity index (χ0n) is 12.6. The molecule has 20 heavy (non-hydrogen) atoms. The van der Waals surface area contributed by atoms with E-state index in [0.29, 0.717) is 5.95 Å². The first kappa shape index (κ1) is 14.3. The molecule has 2 aromatic rings. The number of rotatable bonds is 5. The van der Waals surface area contributed by atoms with Crippen LogP contribution >= 0.6 is 0 Å². The monoisotopic (exact) mass is 275 g/mol. The minimum absolute atomic E-state index is 0.0735. The Bertz CT molecular complexity index is 574. The molecule has 2 heterocycles. The van der Waals surface area contributed by atoms with Gasteiger partial charge in [-0.2, -0.15) is 4.98 Å². The maximum atomic E-state index is 5.21. The summed E-state index contributed by atoms with van der Waals surface area (Å²) in [5.74, 6) is 2.29. The van der Waals surface area contributed by atoms with Crippen LogP contribution in [0.3, 0.4) is 0 Å². The second-order valence-corrected chi connectivity index (χ2v) is 4.86. The Morgan fingerprint density at radius 1 is 1.30 bits per heavy atom. The van der Waals surface area contributed by atoms with Crippen LogP contribution in [0.25, 0.3) is 0 Å². The molecular weight excluding hydrogens is 254 g/mol. The standard InChI is InChI=1S/C14H21N5O/c1-6-15-14-16-7-8(2)13(18-14)17-9(3)12-10(4)19-20-11(12)5/h7,9H,6H2,1-5H3,(H2,15,16,17,18). The van der Waals surface area contributed by atoms with Crippen LogP contribution in [-0.2, 0) is 0 Å². The molecule has 0 saturated carbocycles. The van der Waals surface area contributed by atoms with Crippen molar-refractivity contribution in [2.75, 3.05) is 17.2 Å². The van der Waals surface area contributed by atoms with Gasteiger partial charge in [-0.25, -0.2) is 4.98 Å². The van der Waals surface area contributed by atoms with Crippen molar-refractivity contribution in [2.45, 2.75) is 40.7 Å². The van der Waals surface area contributed by atoms with Crippen molar-refractivity contribution < 1.29 is 4.52 Å². The zero-order chi connectivity index (χ0) is 14.7. The molecule has 0 amide bonds. The number of aromatic nitrogens is 3. The first-order chi connectivity index (χ1) is 9.52. The highest BCUT2D eigenvalue weighted by molar-refractivity contribution is 5.48. The summed E-state index contributed by atoms with van der Waals surface area (Å²) >= 11 is 0. The quantitative estimate of drug-likeness (QED) is 0.873. The predicted octanol–water partition coefficient (Wildman–Crippen LogP) is 2.99. The van der Waals surface area contributed by atoms with Crippen LogP contribution < -0.4 is 10.6 Å². The molecule has 1 unspecified atom stereocenters. The molecule has 0 aliphatic rings. The first-order valence-corrected chi connectivity index (χ1v) is 6.79. The summed E-state index contributed by atoms with van der Waals surface area (Å²) in [6.45, 7) is 10.7. The minimum atomic E-state index is 0.0735. The summed E-state index contributed by atoms with van der Waals surface area (Å²) < 4.78 is 5.21. The van der Waals surface area contributed by atoms with Gasteiger partial charge >= 0.3 is 0 Å². The van der Waals surface area contributed by atoms with Crippen LogP contribution in [0, 0.1) is 20.8 Å². The molecule has 0 bridgehead atoms. The molecule has 6 nitrogen and oxygen atoms in total. The van der Waals surface area contributed by atoms with Crippen molar-refractivity contribution >= 4 is 11.8 Å². The van der Waals surface area contributed by atoms with Gasteiger partial charge in [0, 0.05) is 23.9 Å². The van der Waals surface area contributed by atoms with Crippen molar-refractivity contribution in [3.8, 4) is 0 Å². The molecule has 108 valence electrons. The number of hydrogen-bond donors (Lipinski definition) is 2.